The lowest BCUT2D eigenvalue weighted by Gasteiger charge is -2.07. The van der Waals surface area contributed by atoms with Crippen LogP contribution in [0.5, 0.6) is 0 Å². The third-order valence-corrected chi connectivity index (χ3v) is 3.62. The number of aromatic nitrogens is 1. The number of fused-ring (bicyclic) bond motifs is 1. The van der Waals surface area contributed by atoms with Gasteiger partial charge in [0.25, 0.3) is 0 Å². The van der Waals surface area contributed by atoms with E-state index in [1.165, 1.54) is 4.70 Å². The van der Waals surface area contributed by atoms with Crippen LogP contribution in [0.2, 0.25) is 0 Å². The second-order valence-corrected chi connectivity index (χ2v) is 5.99. The van der Waals surface area contributed by atoms with Crippen LogP contribution in [-0.2, 0) is 0 Å². The average molecular weight is 419 g/mol. The van der Waals surface area contributed by atoms with Crippen LogP contribution < -0.4 is 16.4 Å². The second kappa shape index (κ2) is 9.04. The molecular formula is C14H22IN5S. The average Bonchev–Trinajstić information content (AvgIpc) is 2.84. The fourth-order valence-electron chi connectivity index (χ4n) is 1.64. The van der Waals surface area contributed by atoms with Gasteiger partial charge >= 0.3 is 0 Å². The van der Waals surface area contributed by atoms with Crippen LogP contribution >= 0.6 is 35.3 Å². The molecule has 0 saturated carbocycles. The van der Waals surface area contributed by atoms with Crippen LogP contribution in [0.1, 0.15) is 13.8 Å². The third-order valence-electron chi connectivity index (χ3n) is 2.63. The molecule has 7 heteroatoms. The topological polar surface area (TPSA) is 75.3 Å². The van der Waals surface area contributed by atoms with Crippen molar-refractivity contribution < 1.29 is 0 Å². The van der Waals surface area contributed by atoms with Gasteiger partial charge in [0.05, 0.1) is 10.2 Å². The summed E-state index contributed by atoms with van der Waals surface area (Å²) in [7, 11) is 0. The summed E-state index contributed by atoms with van der Waals surface area (Å²) in [6, 6.07) is 8.12. The molecule has 4 N–H and O–H groups in total. The molecule has 0 unspecified atom stereocenters. The minimum atomic E-state index is 0. The maximum Gasteiger partial charge on any atom is 0.188 e. The third kappa shape index (κ3) is 6.04. The van der Waals surface area contributed by atoms with Crippen LogP contribution in [0, 0.1) is 5.92 Å². The Balaban J connectivity index is 0.00000220. The highest BCUT2D eigenvalue weighted by Gasteiger charge is 2.01. The largest absolute Gasteiger partial charge is 0.370 e. The molecule has 2 aromatic rings. The number of benzene rings is 1. The Morgan fingerprint density at radius 1 is 1.33 bits per heavy atom. The number of para-hydroxylation sites is 1. The van der Waals surface area contributed by atoms with E-state index in [1.807, 2.05) is 18.2 Å². The second-order valence-electron chi connectivity index (χ2n) is 4.96. The zero-order chi connectivity index (χ0) is 14.4. The van der Waals surface area contributed by atoms with Crippen LogP contribution in [0.3, 0.4) is 0 Å². The summed E-state index contributed by atoms with van der Waals surface area (Å²) in [6.07, 6.45) is 0. The van der Waals surface area contributed by atoms with E-state index >= 15 is 0 Å². The van der Waals surface area contributed by atoms with Gasteiger partial charge in [-0.2, -0.15) is 0 Å². The van der Waals surface area contributed by atoms with Gasteiger partial charge < -0.3 is 16.4 Å². The molecule has 0 aliphatic heterocycles. The molecule has 1 aromatic heterocycles. The van der Waals surface area contributed by atoms with Crippen LogP contribution in [-0.4, -0.2) is 30.6 Å². The minimum Gasteiger partial charge on any atom is -0.370 e. The lowest BCUT2D eigenvalue weighted by atomic mass is 10.2. The number of nitrogens with two attached hydrogens (primary N) is 1. The normalized spacial score (nSPS) is 11.5. The van der Waals surface area contributed by atoms with Crippen molar-refractivity contribution in [2.45, 2.75) is 13.8 Å². The number of nitrogens with one attached hydrogen (secondary N) is 2. The molecule has 5 nitrogen and oxygen atoms in total. The molecule has 0 saturated heterocycles. The molecule has 21 heavy (non-hydrogen) atoms. The van der Waals surface area contributed by atoms with Crippen molar-refractivity contribution in [3.05, 3.63) is 24.3 Å². The number of guanidine groups is 1. The number of aliphatic imine (C=N–C) groups is 1. The number of hydrogen-bond acceptors (Lipinski definition) is 4. The van der Waals surface area contributed by atoms with Crippen molar-refractivity contribution in [1.82, 2.24) is 10.3 Å². The van der Waals surface area contributed by atoms with E-state index in [9.17, 15) is 0 Å². The van der Waals surface area contributed by atoms with Gasteiger partial charge in [0.1, 0.15) is 0 Å². The number of rotatable bonds is 6. The number of anilines is 1. The van der Waals surface area contributed by atoms with E-state index in [0.29, 0.717) is 11.9 Å². The highest BCUT2D eigenvalue weighted by molar-refractivity contribution is 14.0. The summed E-state index contributed by atoms with van der Waals surface area (Å²) in [5.41, 5.74) is 6.79. The maximum atomic E-state index is 5.76. The van der Waals surface area contributed by atoms with Crippen molar-refractivity contribution >= 4 is 56.6 Å². The first-order valence-corrected chi connectivity index (χ1v) is 7.60. The van der Waals surface area contributed by atoms with Gasteiger partial charge in [-0.3, -0.25) is 4.99 Å². The monoisotopic (exact) mass is 419 g/mol. The van der Waals surface area contributed by atoms with Gasteiger partial charge in [-0.15, -0.1) is 24.0 Å². The molecule has 0 fully saturated rings. The molecule has 0 spiro atoms. The van der Waals surface area contributed by atoms with Crippen LogP contribution in [0.25, 0.3) is 10.2 Å². The zero-order valence-corrected chi connectivity index (χ0v) is 15.4. The molecule has 0 aliphatic rings. The number of hydrogen-bond donors (Lipinski definition) is 3. The van der Waals surface area contributed by atoms with E-state index < -0.39 is 0 Å². The molecule has 116 valence electrons. The molecular weight excluding hydrogens is 397 g/mol. The molecule has 0 atom stereocenters. The van der Waals surface area contributed by atoms with Gasteiger partial charge in [-0.1, -0.05) is 37.3 Å². The predicted molar refractivity (Wildman–Crippen MR) is 103 cm³/mol. The summed E-state index contributed by atoms with van der Waals surface area (Å²) in [5, 5.41) is 7.31. The number of nitrogens with zero attached hydrogens (tertiary/aromatic N) is 2. The van der Waals surface area contributed by atoms with Crippen molar-refractivity contribution in [2.75, 3.05) is 25.0 Å². The fourth-order valence-corrected chi connectivity index (χ4v) is 2.54. The van der Waals surface area contributed by atoms with Gasteiger partial charge in [-0.05, 0) is 18.1 Å². The molecule has 0 bridgehead atoms. The number of halogens is 1. The van der Waals surface area contributed by atoms with Crippen molar-refractivity contribution in [3.63, 3.8) is 0 Å². The maximum absolute atomic E-state index is 5.76. The van der Waals surface area contributed by atoms with Gasteiger partial charge in [0, 0.05) is 19.6 Å². The standard InChI is InChI=1S/C14H21N5S.HI/c1-10(2)9-18-13(15)16-7-8-17-14-19-11-5-3-4-6-12(11)20-14;/h3-6,10H,7-9H2,1-2H3,(H,17,19)(H3,15,16,18);1H. The number of thiazole rings is 1. The fraction of sp³-hybridized carbons (Fsp3) is 0.429. The first kappa shape index (κ1) is 18.0. The highest BCUT2D eigenvalue weighted by atomic mass is 127. The molecule has 1 heterocycles. The van der Waals surface area contributed by atoms with Crippen molar-refractivity contribution in [1.29, 1.82) is 0 Å². The molecule has 0 aliphatic carbocycles. The van der Waals surface area contributed by atoms with Gasteiger partial charge in [0.15, 0.2) is 11.1 Å². The summed E-state index contributed by atoms with van der Waals surface area (Å²) in [6.45, 7) is 6.47. The summed E-state index contributed by atoms with van der Waals surface area (Å²) in [5.74, 6) is 1.03. The quantitative estimate of drug-likeness (QED) is 0.291. The Hall–Kier alpha value is -1.09. The predicted octanol–water partition coefficient (Wildman–Crippen LogP) is 2.89. The lowest BCUT2D eigenvalue weighted by molar-refractivity contribution is 0.661. The van der Waals surface area contributed by atoms with Crippen LogP contribution in [0.15, 0.2) is 29.3 Å². The van der Waals surface area contributed by atoms with Gasteiger partial charge in [0.2, 0.25) is 0 Å². The molecule has 0 radical (unpaired) electrons. The van der Waals surface area contributed by atoms with E-state index in [4.69, 9.17) is 5.73 Å². The Labute approximate surface area is 146 Å². The lowest BCUT2D eigenvalue weighted by Crippen LogP contribution is -2.35. The Morgan fingerprint density at radius 2 is 2.10 bits per heavy atom. The molecule has 2 rings (SSSR count). The van der Waals surface area contributed by atoms with E-state index in [0.717, 1.165) is 30.3 Å². The smallest absolute Gasteiger partial charge is 0.188 e. The Morgan fingerprint density at radius 3 is 2.81 bits per heavy atom. The molecule has 0 amide bonds. The van der Waals surface area contributed by atoms with Crippen molar-refractivity contribution in [3.8, 4) is 0 Å². The summed E-state index contributed by atoms with van der Waals surface area (Å²) < 4.78 is 1.20. The van der Waals surface area contributed by atoms with E-state index in [-0.39, 0.29) is 24.0 Å². The highest BCUT2D eigenvalue weighted by Crippen LogP contribution is 2.24. The minimum absolute atomic E-state index is 0. The summed E-state index contributed by atoms with van der Waals surface area (Å²) >= 11 is 1.66. The zero-order valence-electron chi connectivity index (χ0n) is 12.3. The van der Waals surface area contributed by atoms with Gasteiger partial charge in [-0.25, -0.2) is 4.98 Å². The SMILES string of the molecule is CC(C)CN=C(N)NCCNc1nc2ccccc2s1.I. The Kier molecular flexibility index (Phi) is 7.73. The van der Waals surface area contributed by atoms with Crippen LogP contribution in [0.4, 0.5) is 5.13 Å². The first-order chi connectivity index (χ1) is 9.65. The first-order valence-electron chi connectivity index (χ1n) is 6.78. The summed E-state index contributed by atoms with van der Waals surface area (Å²) in [4.78, 5) is 8.75. The molecule has 1 aromatic carbocycles. The van der Waals surface area contributed by atoms with E-state index in [2.05, 4.69) is 40.5 Å². The van der Waals surface area contributed by atoms with E-state index in [1.54, 1.807) is 11.3 Å². The van der Waals surface area contributed by atoms with Crippen molar-refractivity contribution in [2.24, 2.45) is 16.6 Å². The Bertz CT molecular complexity index is 549.